The third-order valence-electron chi connectivity index (χ3n) is 5.14. The van der Waals surface area contributed by atoms with E-state index >= 15 is 0 Å². The fourth-order valence-electron chi connectivity index (χ4n) is 3.58. The first kappa shape index (κ1) is 20.3. The van der Waals surface area contributed by atoms with Gasteiger partial charge in [0.15, 0.2) is 5.13 Å². The number of carbonyl (C=O) groups excluding carboxylic acids is 2. The van der Waals surface area contributed by atoms with E-state index in [0.29, 0.717) is 13.1 Å². The Labute approximate surface area is 179 Å². The van der Waals surface area contributed by atoms with Gasteiger partial charge in [-0.3, -0.25) is 9.59 Å². The highest BCUT2D eigenvalue weighted by atomic mass is 32.1. The van der Waals surface area contributed by atoms with Crippen LogP contribution in [-0.2, 0) is 9.59 Å². The Morgan fingerprint density at radius 3 is 2.83 bits per heavy atom. The van der Waals surface area contributed by atoms with Gasteiger partial charge in [-0.05, 0) is 43.2 Å². The smallest absolute Gasteiger partial charge is 0.224 e. The topological polar surface area (TPSA) is 78.4 Å². The fourth-order valence-corrected chi connectivity index (χ4v) is 4.54. The number of rotatable bonds is 5. The van der Waals surface area contributed by atoms with Crippen molar-refractivity contribution in [1.82, 2.24) is 14.9 Å². The summed E-state index contributed by atoms with van der Waals surface area (Å²) >= 11 is 1.59. The van der Waals surface area contributed by atoms with Gasteiger partial charge in [0.1, 0.15) is 10.3 Å². The van der Waals surface area contributed by atoms with E-state index in [1.54, 1.807) is 17.5 Å². The van der Waals surface area contributed by atoms with Crippen LogP contribution in [0.4, 0.5) is 10.8 Å². The van der Waals surface area contributed by atoms with Crippen LogP contribution in [0.1, 0.15) is 24.8 Å². The van der Waals surface area contributed by atoms with Crippen LogP contribution in [0.5, 0.6) is 0 Å². The lowest BCUT2D eigenvalue weighted by Gasteiger charge is -2.21. The van der Waals surface area contributed by atoms with Gasteiger partial charge in [-0.15, -0.1) is 0 Å². The van der Waals surface area contributed by atoms with Gasteiger partial charge in [0.25, 0.3) is 0 Å². The molecule has 0 spiro atoms. The van der Waals surface area contributed by atoms with Gasteiger partial charge in [0.05, 0.1) is 0 Å². The Balaban J connectivity index is 1.28. The first-order valence-corrected chi connectivity index (χ1v) is 11.0. The summed E-state index contributed by atoms with van der Waals surface area (Å²) < 4.78 is 0. The molecule has 4 rings (SSSR count). The summed E-state index contributed by atoms with van der Waals surface area (Å²) in [6.45, 7) is 4.92. The molecular formula is C22H25N5O2S. The lowest BCUT2D eigenvalue weighted by atomic mass is 10.2. The second-order valence-electron chi connectivity index (χ2n) is 7.46. The van der Waals surface area contributed by atoms with Gasteiger partial charge in [-0.2, -0.15) is 0 Å². The first-order valence-electron chi connectivity index (χ1n) is 10.2. The molecule has 0 atom stereocenters. The molecule has 1 fully saturated rings. The molecule has 1 aliphatic rings. The van der Waals surface area contributed by atoms with Crippen LogP contribution in [0.2, 0.25) is 0 Å². The Morgan fingerprint density at radius 2 is 2.00 bits per heavy atom. The zero-order chi connectivity index (χ0) is 20.9. The van der Waals surface area contributed by atoms with E-state index in [4.69, 9.17) is 0 Å². The third kappa shape index (κ3) is 4.94. The molecule has 7 nitrogen and oxygen atoms in total. The highest BCUT2D eigenvalue weighted by Gasteiger charge is 2.21. The molecule has 1 aromatic carbocycles. The molecular weight excluding hydrogens is 398 g/mol. The number of aryl methyl sites for hydroxylation is 1. The normalized spacial score (nSPS) is 14.6. The maximum absolute atomic E-state index is 12.7. The van der Waals surface area contributed by atoms with Gasteiger partial charge >= 0.3 is 0 Å². The van der Waals surface area contributed by atoms with Crippen LogP contribution >= 0.6 is 11.3 Å². The number of amides is 2. The summed E-state index contributed by atoms with van der Waals surface area (Å²) in [4.78, 5) is 38.9. The fraction of sp³-hybridized carbons (Fsp3) is 0.364. The number of carbonyl (C=O) groups is 2. The molecule has 1 N–H and O–H groups in total. The Bertz CT molecular complexity index is 1020. The number of fused-ring (bicyclic) bond motifs is 1. The van der Waals surface area contributed by atoms with Crippen LogP contribution < -0.4 is 10.2 Å². The second kappa shape index (κ2) is 9.21. The number of benzene rings is 1. The maximum Gasteiger partial charge on any atom is 0.224 e. The quantitative estimate of drug-likeness (QED) is 0.680. The summed E-state index contributed by atoms with van der Waals surface area (Å²) in [6, 6.07) is 11.5. The first-order chi connectivity index (χ1) is 14.6. The Morgan fingerprint density at radius 1 is 1.10 bits per heavy atom. The van der Waals surface area contributed by atoms with Crippen molar-refractivity contribution in [2.45, 2.75) is 26.2 Å². The maximum atomic E-state index is 12.7. The zero-order valence-corrected chi connectivity index (χ0v) is 17.8. The monoisotopic (exact) mass is 423 g/mol. The van der Waals surface area contributed by atoms with E-state index in [1.807, 2.05) is 48.2 Å². The lowest BCUT2D eigenvalue weighted by molar-refractivity contribution is -0.132. The molecule has 0 unspecified atom stereocenters. The van der Waals surface area contributed by atoms with Gasteiger partial charge in [0.2, 0.25) is 11.8 Å². The van der Waals surface area contributed by atoms with E-state index < -0.39 is 0 Å². The minimum atomic E-state index is -0.132. The van der Waals surface area contributed by atoms with Crippen LogP contribution in [0.25, 0.3) is 10.3 Å². The largest absolute Gasteiger partial charge is 0.346 e. The summed E-state index contributed by atoms with van der Waals surface area (Å²) in [7, 11) is 0. The number of nitrogens with one attached hydrogen (secondary N) is 1. The number of aromatic nitrogens is 2. The molecule has 0 aliphatic carbocycles. The van der Waals surface area contributed by atoms with E-state index in [-0.39, 0.29) is 24.7 Å². The van der Waals surface area contributed by atoms with Crippen molar-refractivity contribution < 1.29 is 9.59 Å². The summed E-state index contributed by atoms with van der Waals surface area (Å²) in [5, 5.41) is 3.82. The van der Waals surface area contributed by atoms with Crippen LogP contribution in [0.3, 0.4) is 0 Å². The molecule has 30 heavy (non-hydrogen) atoms. The molecule has 3 heterocycles. The standard InChI is InChI=1S/C22H25N5O2S/c1-16-5-2-6-17(15-16)24-19(28)8-9-20(29)26-11-4-12-27(14-13-26)22-25-18-7-3-10-23-21(18)30-22/h2-3,5-7,10,15H,4,8-9,11-14H2,1H3,(H,24,28). The number of hydrogen-bond donors (Lipinski definition) is 1. The van der Waals surface area contributed by atoms with Gasteiger partial charge in [0, 0.05) is 50.9 Å². The van der Waals surface area contributed by atoms with Crippen molar-refractivity contribution in [2.75, 3.05) is 36.4 Å². The highest BCUT2D eigenvalue weighted by Crippen LogP contribution is 2.27. The van der Waals surface area contributed by atoms with E-state index in [0.717, 1.165) is 46.2 Å². The molecule has 1 aliphatic heterocycles. The van der Waals surface area contributed by atoms with Crippen molar-refractivity contribution in [3.63, 3.8) is 0 Å². The molecule has 8 heteroatoms. The van der Waals surface area contributed by atoms with Crippen molar-refractivity contribution in [3.8, 4) is 0 Å². The average Bonchev–Trinajstić information content (AvgIpc) is 3.01. The summed E-state index contributed by atoms with van der Waals surface area (Å²) in [5.41, 5.74) is 2.76. The van der Waals surface area contributed by atoms with Crippen molar-refractivity contribution in [3.05, 3.63) is 48.2 Å². The van der Waals surface area contributed by atoms with E-state index in [2.05, 4.69) is 20.2 Å². The SMILES string of the molecule is Cc1cccc(NC(=O)CCC(=O)N2CCCN(c3nc4cccnc4s3)CC2)c1. The van der Waals surface area contributed by atoms with Crippen LogP contribution in [0.15, 0.2) is 42.6 Å². The third-order valence-corrected chi connectivity index (χ3v) is 6.18. The molecule has 1 saturated heterocycles. The zero-order valence-electron chi connectivity index (χ0n) is 17.0. The van der Waals surface area contributed by atoms with Crippen LogP contribution in [-0.4, -0.2) is 52.9 Å². The van der Waals surface area contributed by atoms with E-state index in [1.165, 1.54) is 0 Å². The molecule has 0 saturated carbocycles. The van der Waals surface area contributed by atoms with Gasteiger partial charge < -0.3 is 15.1 Å². The molecule has 0 radical (unpaired) electrons. The van der Waals surface area contributed by atoms with Gasteiger partial charge in [-0.1, -0.05) is 23.5 Å². The Hall–Kier alpha value is -3.00. The van der Waals surface area contributed by atoms with E-state index in [9.17, 15) is 9.59 Å². The number of anilines is 2. The number of hydrogen-bond acceptors (Lipinski definition) is 6. The Kier molecular flexibility index (Phi) is 6.23. The predicted molar refractivity (Wildman–Crippen MR) is 120 cm³/mol. The summed E-state index contributed by atoms with van der Waals surface area (Å²) in [6.07, 6.45) is 3.08. The molecule has 3 aromatic rings. The molecule has 2 amide bonds. The molecule has 2 aromatic heterocycles. The predicted octanol–water partition coefficient (Wildman–Crippen LogP) is 3.46. The van der Waals surface area contributed by atoms with Gasteiger partial charge in [-0.25, -0.2) is 9.97 Å². The number of pyridine rings is 1. The minimum Gasteiger partial charge on any atom is -0.346 e. The van der Waals surface area contributed by atoms with Crippen molar-refractivity contribution in [1.29, 1.82) is 0 Å². The number of nitrogens with zero attached hydrogens (tertiary/aromatic N) is 4. The lowest BCUT2D eigenvalue weighted by Crippen LogP contribution is -2.35. The van der Waals surface area contributed by atoms with Crippen LogP contribution in [0, 0.1) is 6.92 Å². The van der Waals surface area contributed by atoms with Crippen molar-refractivity contribution in [2.24, 2.45) is 0 Å². The summed E-state index contributed by atoms with van der Waals surface area (Å²) in [5.74, 6) is -0.102. The minimum absolute atomic E-state index is 0.0298. The molecule has 0 bridgehead atoms. The van der Waals surface area contributed by atoms with Crippen molar-refractivity contribution >= 4 is 44.3 Å². The average molecular weight is 424 g/mol. The second-order valence-corrected chi connectivity index (χ2v) is 8.42. The number of thiazole rings is 1. The molecule has 156 valence electrons. The highest BCUT2D eigenvalue weighted by molar-refractivity contribution is 7.21.